The molecule has 0 bridgehead atoms. The maximum absolute atomic E-state index is 12.1. The zero-order valence-corrected chi connectivity index (χ0v) is 11.7. The molecule has 2 aromatic rings. The number of hydrogen-bond donors (Lipinski definition) is 1. The Hall–Kier alpha value is -1.46. The molecule has 1 saturated carbocycles. The van der Waals surface area contributed by atoms with E-state index < -0.39 is 0 Å². The van der Waals surface area contributed by atoms with Gasteiger partial charge in [-0.25, -0.2) is 0 Å². The van der Waals surface area contributed by atoms with Crippen LogP contribution in [0.25, 0.3) is 0 Å². The Balaban J connectivity index is 1.83. The fourth-order valence-corrected chi connectivity index (χ4v) is 2.87. The van der Waals surface area contributed by atoms with Crippen LogP contribution >= 0.6 is 23.3 Å². The smallest absolute Gasteiger partial charge is 0.273 e. The summed E-state index contributed by atoms with van der Waals surface area (Å²) in [5.41, 5.74) is 1.20. The second-order valence-corrected chi connectivity index (χ2v) is 5.68. The lowest BCUT2D eigenvalue weighted by Gasteiger charge is -2.43. The van der Waals surface area contributed by atoms with Gasteiger partial charge in [0.15, 0.2) is 5.69 Å². The van der Waals surface area contributed by atoms with Gasteiger partial charge in [0.1, 0.15) is 0 Å². The summed E-state index contributed by atoms with van der Waals surface area (Å²) in [5, 5.41) is 3.79. The quantitative estimate of drug-likeness (QED) is 0.946. The van der Waals surface area contributed by atoms with E-state index in [1.807, 2.05) is 24.3 Å². The third kappa shape index (κ3) is 2.35. The highest BCUT2D eigenvalue weighted by molar-refractivity contribution is 6.99. The van der Waals surface area contributed by atoms with Crippen LogP contribution in [-0.4, -0.2) is 14.7 Å². The number of carbonyl (C=O) groups is 1. The van der Waals surface area contributed by atoms with Crippen molar-refractivity contribution in [1.29, 1.82) is 0 Å². The van der Waals surface area contributed by atoms with Crippen molar-refractivity contribution in [3.05, 3.63) is 46.7 Å². The molecular formula is C13H12ClN3OS. The third-order valence-corrected chi connectivity index (χ3v) is 4.28. The maximum Gasteiger partial charge on any atom is 0.273 e. The fraction of sp³-hybridized carbons (Fsp3) is 0.308. The van der Waals surface area contributed by atoms with Crippen molar-refractivity contribution in [3.8, 4) is 0 Å². The lowest BCUT2D eigenvalue weighted by Crippen LogP contribution is -2.50. The molecule has 19 heavy (non-hydrogen) atoms. The largest absolute Gasteiger partial charge is 0.341 e. The summed E-state index contributed by atoms with van der Waals surface area (Å²) in [6.45, 7) is 0. The maximum atomic E-state index is 12.1. The summed E-state index contributed by atoms with van der Waals surface area (Å²) in [7, 11) is 0. The first kappa shape index (κ1) is 12.6. The Labute approximate surface area is 120 Å². The fourth-order valence-electron chi connectivity index (χ4n) is 2.33. The van der Waals surface area contributed by atoms with Gasteiger partial charge in [-0.2, -0.15) is 8.75 Å². The monoisotopic (exact) mass is 293 g/mol. The lowest BCUT2D eigenvalue weighted by atomic mass is 9.71. The second-order valence-electron chi connectivity index (χ2n) is 4.69. The molecule has 4 nitrogen and oxygen atoms in total. The zero-order valence-electron chi connectivity index (χ0n) is 10.1. The molecule has 98 valence electrons. The molecule has 1 aromatic carbocycles. The van der Waals surface area contributed by atoms with Crippen LogP contribution in [0.5, 0.6) is 0 Å². The van der Waals surface area contributed by atoms with E-state index in [4.69, 9.17) is 11.6 Å². The summed E-state index contributed by atoms with van der Waals surface area (Å²) >= 11 is 6.94. The lowest BCUT2D eigenvalue weighted by molar-refractivity contribution is 0.0819. The summed E-state index contributed by atoms with van der Waals surface area (Å²) in [6, 6.07) is 7.66. The highest BCUT2D eigenvalue weighted by Gasteiger charge is 2.40. The highest BCUT2D eigenvalue weighted by atomic mass is 35.5. The van der Waals surface area contributed by atoms with Gasteiger partial charge in [0, 0.05) is 5.02 Å². The van der Waals surface area contributed by atoms with Crippen molar-refractivity contribution in [2.45, 2.75) is 24.8 Å². The molecule has 1 heterocycles. The van der Waals surface area contributed by atoms with Crippen molar-refractivity contribution in [1.82, 2.24) is 14.1 Å². The van der Waals surface area contributed by atoms with E-state index in [9.17, 15) is 4.79 Å². The van der Waals surface area contributed by atoms with Crippen LogP contribution < -0.4 is 5.32 Å². The van der Waals surface area contributed by atoms with E-state index in [1.54, 1.807) is 0 Å². The molecule has 1 N–H and O–H groups in total. The molecule has 1 amide bonds. The number of carbonyl (C=O) groups excluding carboxylic acids is 1. The predicted molar refractivity (Wildman–Crippen MR) is 74.4 cm³/mol. The molecule has 0 spiro atoms. The zero-order chi connectivity index (χ0) is 13.3. The number of rotatable bonds is 3. The molecule has 0 aliphatic heterocycles. The van der Waals surface area contributed by atoms with Crippen molar-refractivity contribution in [2.24, 2.45) is 0 Å². The van der Waals surface area contributed by atoms with Crippen LogP contribution in [0.15, 0.2) is 30.5 Å². The van der Waals surface area contributed by atoms with E-state index in [2.05, 4.69) is 14.1 Å². The van der Waals surface area contributed by atoms with E-state index in [-0.39, 0.29) is 11.4 Å². The Morgan fingerprint density at radius 1 is 1.32 bits per heavy atom. The topological polar surface area (TPSA) is 54.9 Å². The summed E-state index contributed by atoms with van der Waals surface area (Å²) < 4.78 is 7.82. The Kier molecular flexibility index (Phi) is 3.24. The average molecular weight is 294 g/mol. The Morgan fingerprint density at radius 2 is 2.05 bits per heavy atom. The van der Waals surface area contributed by atoms with Gasteiger partial charge in [-0.05, 0) is 37.0 Å². The van der Waals surface area contributed by atoms with E-state index in [0.29, 0.717) is 10.7 Å². The van der Waals surface area contributed by atoms with Crippen LogP contribution in [0.1, 0.15) is 35.3 Å². The van der Waals surface area contributed by atoms with Crippen LogP contribution in [0, 0.1) is 0 Å². The van der Waals surface area contributed by atoms with E-state index in [1.165, 1.54) is 6.20 Å². The number of amides is 1. The number of hydrogen-bond acceptors (Lipinski definition) is 4. The van der Waals surface area contributed by atoms with Gasteiger partial charge in [0.05, 0.1) is 23.5 Å². The van der Waals surface area contributed by atoms with Gasteiger partial charge in [0.25, 0.3) is 5.91 Å². The van der Waals surface area contributed by atoms with Gasteiger partial charge < -0.3 is 5.32 Å². The molecule has 1 aromatic heterocycles. The number of nitrogens with one attached hydrogen (secondary N) is 1. The molecule has 0 saturated heterocycles. The van der Waals surface area contributed by atoms with Gasteiger partial charge in [-0.3, -0.25) is 4.79 Å². The Bertz CT molecular complexity index is 578. The number of nitrogens with zero attached hydrogens (tertiary/aromatic N) is 2. The number of aromatic nitrogens is 2. The van der Waals surface area contributed by atoms with Crippen LogP contribution in [0.4, 0.5) is 0 Å². The minimum absolute atomic E-state index is 0.164. The van der Waals surface area contributed by atoms with E-state index in [0.717, 1.165) is 36.6 Å². The minimum atomic E-state index is -0.273. The first-order valence-electron chi connectivity index (χ1n) is 6.06. The SMILES string of the molecule is O=C(NC1(c2ccc(Cl)cc2)CCC1)c1cnsn1. The van der Waals surface area contributed by atoms with Crippen molar-refractivity contribution >= 4 is 29.2 Å². The van der Waals surface area contributed by atoms with E-state index >= 15 is 0 Å². The van der Waals surface area contributed by atoms with Gasteiger partial charge in [-0.1, -0.05) is 23.7 Å². The normalized spacial score (nSPS) is 16.7. The molecule has 0 unspecified atom stereocenters. The molecule has 6 heteroatoms. The van der Waals surface area contributed by atoms with Crippen LogP contribution in [0.2, 0.25) is 5.02 Å². The Morgan fingerprint density at radius 3 is 2.58 bits per heavy atom. The highest BCUT2D eigenvalue weighted by Crippen LogP contribution is 2.41. The molecule has 1 aliphatic rings. The summed E-state index contributed by atoms with van der Waals surface area (Å²) in [5.74, 6) is -0.164. The number of benzene rings is 1. The third-order valence-electron chi connectivity index (χ3n) is 3.55. The van der Waals surface area contributed by atoms with Gasteiger partial charge in [-0.15, -0.1) is 0 Å². The second kappa shape index (κ2) is 4.90. The predicted octanol–water partition coefficient (Wildman–Crippen LogP) is 3.00. The summed E-state index contributed by atoms with van der Waals surface area (Å²) in [6.07, 6.45) is 4.49. The minimum Gasteiger partial charge on any atom is -0.341 e. The van der Waals surface area contributed by atoms with Crippen molar-refractivity contribution in [3.63, 3.8) is 0 Å². The number of halogens is 1. The van der Waals surface area contributed by atoms with Crippen LogP contribution in [0.3, 0.4) is 0 Å². The first-order valence-corrected chi connectivity index (χ1v) is 7.17. The molecule has 3 rings (SSSR count). The van der Waals surface area contributed by atoms with Crippen molar-refractivity contribution in [2.75, 3.05) is 0 Å². The van der Waals surface area contributed by atoms with Gasteiger partial charge >= 0.3 is 0 Å². The van der Waals surface area contributed by atoms with Gasteiger partial charge in [0.2, 0.25) is 0 Å². The standard InChI is InChI=1S/C13H12ClN3OS/c14-10-4-2-9(3-5-10)13(6-1-7-13)16-12(18)11-8-15-19-17-11/h2-5,8H,1,6-7H2,(H,16,18). The van der Waals surface area contributed by atoms with Crippen molar-refractivity contribution < 1.29 is 4.79 Å². The molecule has 0 radical (unpaired) electrons. The molecule has 1 aliphatic carbocycles. The average Bonchev–Trinajstić information content (AvgIpc) is 2.89. The first-order chi connectivity index (χ1) is 9.20. The summed E-state index contributed by atoms with van der Waals surface area (Å²) in [4.78, 5) is 12.1. The molecular weight excluding hydrogens is 282 g/mol. The van der Waals surface area contributed by atoms with Crippen LogP contribution in [-0.2, 0) is 5.54 Å². The molecule has 0 atom stereocenters. The molecule has 1 fully saturated rings.